The molecular formula is C20H14N8O4S. The fourth-order valence-electron chi connectivity index (χ4n) is 3.27. The summed E-state index contributed by atoms with van der Waals surface area (Å²) < 4.78 is 26.3. The molecule has 3 aromatic heterocycles. The standard InChI is InChI=1S/C20H14N8O4S/c29-28(30)12-4-3-5-13(8-12)33(31,32)10-17-20(25-16-7-2-1-6-15(16)24-17)26-18-14-9-23-27-19(14)22-11-21-18/h1-9,11H,10H2,(H2,21,22,23,25,26,27). The Kier molecular flexibility index (Phi) is 4.86. The second kappa shape index (κ2) is 7.87. The molecule has 0 amide bonds. The molecule has 5 aromatic rings. The maximum absolute atomic E-state index is 13.1. The first-order chi connectivity index (χ1) is 15.9. The highest BCUT2D eigenvalue weighted by atomic mass is 32.2. The number of aromatic amines is 1. The van der Waals surface area contributed by atoms with Crippen LogP contribution in [0.25, 0.3) is 22.1 Å². The smallest absolute Gasteiger partial charge is 0.270 e. The number of fused-ring (bicyclic) bond motifs is 2. The summed E-state index contributed by atoms with van der Waals surface area (Å²) >= 11 is 0. The number of H-pyrrole nitrogens is 1. The molecule has 0 bridgehead atoms. The third-order valence-electron chi connectivity index (χ3n) is 4.84. The lowest BCUT2D eigenvalue weighted by atomic mass is 10.3. The van der Waals surface area contributed by atoms with E-state index in [4.69, 9.17) is 0 Å². The van der Waals surface area contributed by atoms with Gasteiger partial charge in [-0.25, -0.2) is 28.4 Å². The number of anilines is 2. The first-order valence-corrected chi connectivity index (χ1v) is 11.2. The van der Waals surface area contributed by atoms with Gasteiger partial charge in [0.25, 0.3) is 5.69 Å². The number of benzene rings is 2. The molecular weight excluding hydrogens is 448 g/mol. The lowest BCUT2D eigenvalue weighted by Crippen LogP contribution is -2.11. The Balaban J connectivity index is 1.60. The summed E-state index contributed by atoms with van der Waals surface area (Å²) in [4.78, 5) is 27.6. The number of nitrogens with zero attached hydrogens (tertiary/aromatic N) is 6. The average molecular weight is 462 g/mol. The maximum atomic E-state index is 13.1. The van der Waals surface area contributed by atoms with E-state index in [-0.39, 0.29) is 22.1 Å². The Morgan fingerprint density at radius 3 is 2.58 bits per heavy atom. The average Bonchev–Trinajstić information content (AvgIpc) is 3.29. The summed E-state index contributed by atoms with van der Waals surface area (Å²) in [6.07, 6.45) is 2.86. The lowest BCUT2D eigenvalue weighted by Gasteiger charge is -2.12. The van der Waals surface area contributed by atoms with E-state index in [9.17, 15) is 18.5 Å². The Bertz CT molecular complexity index is 1630. The number of hydrogen-bond acceptors (Lipinski definition) is 10. The predicted molar refractivity (Wildman–Crippen MR) is 118 cm³/mol. The molecule has 2 aromatic carbocycles. The molecule has 33 heavy (non-hydrogen) atoms. The van der Waals surface area contributed by atoms with Gasteiger partial charge in [0.2, 0.25) is 0 Å². The summed E-state index contributed by atoms with van der Waals surface area (Å²) in [6, 6.07) is 11.9. The van der Waals surface area contributed by atoms with Crippen molar-refractivity contribution in [3.63, 3.8) is 0 Å². The molecule has 2 N–H and O–H groups in total. The maximum Gasteiger partial charge on any atom is 0.270 e. The number of hydrogen-bond donors (Lipinski definition) is 2. The van der Waals surface area contributed by atoms with E-state index in [0.29, 0.717) is 27.9 Å². The van der Waals surface area contributed by atoms with Crippen LogP contribution in [0.1, 0.15) is 5.69 Å². The van der Waals surface area contributed by atoms with Gasteiger partial charge in [0, 0.05) is 12.1 Å². The van der Waals surface area contributed by atoms with Crippen molar-refractivity contribution in [2.45, 2.75) is 10.6 Å². The summed E-state index contributed by atoms with van der Waals surface area (Å²) in [5, 5.41) is 21.4. The number of nitro groups is 1. The normalized spacial score (nSPS) is 11.6. The predicted octanol–water partition coefficient (Wildman–Crippen LogP) is 2.92. The molecule has 164 valence electrons. The van der Waals surface area contributed by atoms with Gasteiger partial charge in [0.15, 0.2) is 21.3 Å². The Morgan fingerprint density at radius 1 is 1.00 bits per heavy atom. The van der Waals surface area contributed by atoms with Gasteiger partial charge in [-0.2, -0.15) is 5.10 Å². The van der Waals surface area contributed by atoms with Gasteiger partial charge in [-0.3, -0.25) is 15.2 Å². The number of nitro benzene ring substituents is 1. The van der Waals surface area contributed by atoms with Crippen molar-refractivity contribution < 1.29 is 13.3 Å². The quantitative estimate of drug-likeness (QED) is 0.282. The van der Waals surface area contributed by atoms with Gasteiger partial charge in [0.05, 0.1) is 38.1 Å². The van der Waals surface area contributed by atoms with E-state index < -0.39 is 20.5 Å². The fourth-order valence-corrected chi connectivity index (χ4v) is 4.58. The van der Waals surface area contributed by atoms with Crippen LogP contribution in [0, 0.1) is 10.1 Å². The van der Waals surface area contributed by atoms with Crippen LogP contribution >= 0.6 is 0 Å². The topological polar surface area (TPSA) is 170 Å². The van der Waals surface area contributed by atoms with Crippen LogP contribution in [0.4, 0.5) is 17.3 Å². The van der Waals surface area contributed by atoms with Crippen molar-refractivity contribution in [1.29, 1.82) is 0 Å². The summed E-state index contributed by atoms with van der Waals surface area (Å²) in [5.41, 5.74) is 1.36. The summed E-state index contributed by atoms with van der Waals surface area (Å²) in [5.74, 6) is 0.0183. The molecule has 0 fully saturated rings. The Morgan fingerprint density at radius 2 is 1.79 bits per heavy atom. The SMILES string of the molecule is O=[N+]([O-])c1cccc(S(=O)(=O)Cc2nc3ccccc3nc2Nc2ncnc3[nH]ncc23)c1. The van der Waals surface area contributed by atoms with Gasteiger partial charge in [-0.1, -0.05) is 18.2 Å². The van der Waals surface area contributed by atoms with Gasteiger partial charge in [0.1, 0.15) is 17.9 Å². The number of sulfone groups is 1. The largest absolute Gasteiger partial charge is 0.323 e. The number of non-ortho nitro benzene ring substituents is 1. The van der Waals surface area contributed by atoms with Gasteiger partial charge < -0.3 is 5.32 Å². The van der Waals surface area contributed by atoms with E-state index in [1.54, 1.807) is 24.3 Å². The molecule has 0 aliphatic heterocycles. The van der Waals surface area contributed by atoms with Gasteiger partial charge in [-0.15, -0.1) is 0 Å². The second-order valence-corrected chi connectivity index (χ2v) is 8.99. The van der Waals surface area contributed by atoms with Crippen molar-refractivity contribution in [3.05, 3.63) is 76.9 Å². The van der Waals surface area contributed by atoms with Crippen molar-refractivity contribution in [2.75, 3.05) is 5.32 Å². The van der Waals surface area contributed by atoms with Crippen LogP contribution in [0.15, 0.2) is 66.0 Å². The first kappa shape index (κ1) is 20.4. The molecule has 0 spiro atoms. The minimum atomic E-state index is -3.98. The van der Waals surface area contributed by atoms with E-state index in [1.807, 2.05) is 0 Å². The zero-order chi connectivity index (χ0) is 23.0. The van der Waals surface area contributed by atoms with E-state index in [0.717, 1.165) is 6.07 Å². The molecule has 0 unspecified atom stereocenters. The highest BCUT2D eigenvalue weighted by molar-refractivity contribution is 7.90. The van der Waals surface area contributed by atoms with Crippen molar-refractivity contribution in [3.8, 4) is 0 Å². The molecule has 12 nitrogen and oxygen atoms in total. The second-order valence-electron chi connectivity index (χ2n) is 7.00. The summed E-state index contributed by atoms with van der Waals surface area (Å²) in [7, 11) is -3.98. The molecule has 3 heterocycles. The number of rotatable bonds is 6. The minimum Gasteiger partial charge on any atom is -0.323 e. The molecule has 5 rings (SSSR count). The monoisotopic (exact) mass is 462 g/mol. The minimum absolute atomic E-state index is 0.135. The molecule has 0 aliphatic rings. The van der Waals surface area contributed by atoms with E-state index >= 15 is 0 Å². The molecule has 13 heteroatoms. The highest BCUT2D eigenvalue weighted by Crippen LogP contribution is 2.27. The van der Waals surface area contributed by atoms with Crippen LogP contribution in [0.3, 0.4) is 0 Å². The lowest BCUT2D eigenvalue weighted by molar-refractivity contribution is -0.385. The first-order valence-electron chi connectivity index (χ1n) is 9.55. The highest BCUT2D eigenvalue weighted by Gasteiger charge is 2.23. The van der Waals surface area contributed by atoms with Crippen LogP contribution in [-0.2, 0) is 15.6 Å². The van der Waals surface area contributed by atoms with Crippen molar-refractivity contribution in [2.24, 2.45) is 0 Å². The Labute approximate surface area is 185 Å². The molecule has 0 atom stereocenters. The van der Waals surface area contributed by atoms with E-state index in [1.165, 1.54) is 30.7 Å². The molecule has 0 saturated heterocycles. The Hall–Kier alpha value is -4.52. The van der Waals surface area contributed by atoms with Crippen LogP contribution < -0.4 is 5.32 Å². The van der Waals surface area contributed by atoms with Crippen LogP contribution in [-0.4, -0.2) is 43.5 Å². The number of nitrogens with one attached hydrogen (secondary N) is 2. The van der Waals surface area contributed by atoms with Crippen LogP contribution in [0.5, 0.6) is 0 Å². The molecule has 0 saturated carbocycles. The van der Waals surface area contributed by atoms with Gasteiger partial charge in [-0.05, 0) is 18.2 Å². The van der Waals surface area contributed by atoms with Gasteiger partial charge >= 0.3 is 0 Å². The van der Waals surface area contributed by atoms with E-state index in [2.05, 4.69) is 35.5 Å². The van der Waals surface area contributed by atoms with Crippen LogP contribution in [0.2, 0.25) is 0 Å². The zero-order valence-electron chi connectivity index (χ0n) is 16.7. The molecule has 0 radical (unpaired) electrons. The zero-order valence-corrected chi connectivity index (χ0v) is 17.5. The summed E-state index contributed by atoms with van der Waals surface area (Å²) in [6.45, 7) is 0. The third kappa shape index (κ3) is 3.92. The fraction of sp³-hybridized carbons (Fsp3) is 0.0500. The number of para-hydroxylation sites is 2. The van der Waals surface area contributed by atoms with Crippen molar-refractivity contribution >= 4 is 49.2 Å². The third-order valence-corrected chi connectivity index (χ3v) is 6.47. The molecule has 0 aliphatic carbocycles. The number of aromatic nitrogens is 6. The van der Waals surface area contributed by atoms with Crippen molar-refractivity contribution in [1.82, 2.24) is 30.1 Å².